The summed E-state index contributed by atoms with van der Waals surface area (Å²) in [5.41, 5.74) is 1.19. The molecule has 3 aliphatic rings. The highest BCUT2D eigenvalue weighted by Gasteiger charge is 2.41. The van der Waals surface area contributed by atoms with Gasteiger partial charge in [-0.05, 0) is 36.5 Å². The minimum absolute atomic E-state index is 0.0349. The average Bonchev–Trinajstić information content (AvgIpc) is 3.02. The van der Waals surface area contributed by atoms with Gasteiger partial charge in [-0.15, -0.1) is 0 Å². The van der Waals surface area contributed by atoms with Gasteiger partial charge in [0.15, 0.2) is 5.79 Å². The van der Waals surface area contributed by atoms with Crippen molar-refractivity contribution >= 4 is 22.0 Å². The van der Waals surface area contributed by atoms with Crippen molar-refractivity contribution < 1.29 is 14.3 Å². The average molecular weight is 409 g/mol. The summed E-state index contributed by atoms with van der Waals surface area (Å²) in [7, 11) is 0. The molecule has 2 amide bonds. The van der Waals surface area contributed by atoms with E-state index in [1.54, 1.807) is 0 Å². The zero-order chi connectivity index (χ0) is 17.3. The number of benzene rings is 1. The van der Waals surface area contributed by atoms with Crippen LogP contribution < -0.4 is 5.32 Å². The second-order valence-electron chi connectivity index (χ2n) is 7.26. The number of carbonyl (C=O) groups is 1. The van der Waals surface area contributed by atoms with Crippen LogP contribution in [-0.2, 0) is 9.47 Å². The summed E-state index contributed by atoms with van der Waals surface area (Å²) in [6.45, 7) is 2.70. The van der Waals surface area contributed by atoms with Crippen molar-refractivity contribution in [3.05, 3.63) is 34.3 Å². The number of carbonyl (C=O) groups excluding carboxylic acids is 1. The van der Waals surface area contributed by atoms with Crippen molar-refractivity contribution in [1.82, 2.24) is 10.2 Å². The number of hydrogen-bond donors (Lipinski definition) is 1. The van der Waals surface area contributed by atoms with Crippen molar-refractivity contribution in [2.75, 3.05) is 26.3 Å². The molecular formula is C19H25BrN2O3. The quantitative estimate of drug-likeness (QED) is 0.826. The molecule has 1 unspecified atom stereocenters. The van der Waals surface area contributed by atoms with Crippen LogP contribution in [0.3, 0.4) is 0 Å². The lowest BCUT2D eigenvalue weighted by Gasteiger charge is -2.40. The van der Waals surface area contributed by atoms with Gasteiger partial charge in [0.25, 0.3) is 0 Å². The first kappa shape index (κ1) is 17.3. The van der Waals surface area contributed by atoms with E-state index in [0.717, 1.165) is 17.3 Å². The smallest absolute Gasteiger partial charge is 0.317 e. The van der Waals surface area contributed by atoms with Gasteiger partial charge in [-0.1, -0.05) is 34.5 Å². The number of nitrogens with zero attached hydrogens (tertiary/aromatic N) is 1. The maximum Gasteiger partial charge on any atom is 0.317 e. The molecule has 2 saturated heterocycles. The molecule has 0 radical (unpaired) electrons. The summed E-state index contributed by atoms with van der Waals surface area (Å²) in [6.07, 6.45) is 5.14. The van der Waals surface area contributed by atoms with Gasteiger partial charge in [0.05, 0.1) is 19.3 Å². The van der Waals surface area contributed by atoms with Gasteiger partial charge in [-0.2, -0.15) is 0 Å². The van der Waals surface area contributed by atoms with E-state index in [9.17, 15) is 4.79 Å². The molecule has 1 aromatic rings. The molecule has 2 aliphatic heterocycles. The Morgan fingerprint density at radius 3 is 2.36 bits per heavy atom. The first-order valence-corrected chi connectivity index (χ1v) is 10.0. The van der Waals surface area contributed by atoms with E-state index < -0.39 is 5.79 Å². The van der Waals surface area contributed by atoms with Crippen LogP contribution in [0.2, 0.25) is 0 Å². The van der Waals surface area contributed by atoms with Crippen LogP contribution in [0.25, 0.3) is 0 Å². The standard InChI is InChI=1S/C19H25BrN2O3/c20-16-6-4-15(5-7-16)17(14-2-1-3-14)21-18(23)22-10-8-19(9-11-22)24-12-13-25-19/h4-7,14,17H,1-3,8-13H2,(H,21,23). The number of rotatable bonds is 3. The van der Waals surface area contributed by atoms with E-state index in [-0.39, 0.29) is 12.1 Å². The minimum Gasteiger partial charge on any atom is -0.347 e. The van der Waals surface area contributed by atoms with Crippen molar-refractivity contribution in [3.8, 4) is 0 Å². The third kappa shape index (κ3) is 3.71. The van der Waals surface area contributed by atoms with Crippen molar-refractivity contribution in [2.24, 2.45) is 5.92 Å². The van der Waals surface area contributed by atoms with Crippen molar-refractivity contribution in [1.29, 1.82) is 0 Å². The lowest BCUT2D eigenvalue weighted by atomic mass is 9.77. The van der Waals surface area contributed by atoms with Gasteiger partial charge in [0.2, 0.25) is 0 Å². The summed E-state index contributed by atoms with van der Waals surface area (Å²) in [6, 6.07) is 8.45. The Balaban J connectivity index is 1.39. The summed E-state index contributed by atoms with van der Waals surface area (Å²) in [4.78, 5) is 14.7. The zero-order valence-electron chi connectivity index (χ0n) is 14.4. The Kier molecular flexibility index (Phi) is 5.02. The van der Waals surface area contributed by atoms with E-state index in [4.69, 9.17) is 9.47 Å². The molecule has 1 atom stereocenters. The molecule has 1 saturated carbocycles. The SMILES string of the molecule is O=C(NC(c1ccc(Br)cc1)C1CCC1)N1CCC2(CC1)OCCO2. The molecular weight excluding hydrogens is 384 g/mol. The molecule has 4 rings (SSSR count). The monoisotopic (exact) mass is 408 g/mol. The number of halogens is 1. The van der Waals surface area contributed by atoms with Gasteiger partial charge in [-0.25, -0.2) is 4.79 Å². The molecule has 3 fully saturated rings. The number of nitrogens with one attached hydrogen (secondary N) is 1. The normalized spacial score (nSPS) is 24.1. The third-order valence-electron chi connectivity index (χ3n) is 5.76. The summed E-state index contributed by atoms with van der Waals surface area (Å²) in [5, 5.41) is 3.29. The number of ether oxygens (including phenoxy) is 2. The molecule has 0 aromatic heterocycles. The van der Waals surface area contributed by atoms with Gasteiger partial charge >= 0.3 is 6.03 Å². The Labute approximate surface area is 157 Å². The van der Waals surface area contributed by atoms with Crippen molar-refractivity contribution in [3.63, 3.8) is 0 Å². The van der Waals surface area contributed by atoms with Crippen LogP contribution in [0.15, 0.2) is 28.7 Å². The Hall–Kier alpha value is -1.11. The second kappa shape index (κ2) is 7.25. The molecule has 1 spiro atoms. The fourth-order valence-corrected chi connectivity index (χ4v) is 4.24. The minimum atomic E-state index is -0.435. The number of urea groups is 1. The Morgan fingerprint density at radius 2 is 1.80 bits per heavy atom. The number of amides is 2. The predicted molar refractivity (Wildman–Crippen MR) is 98.2 cm³/mol. The summed E-state index contributed by atoms with van der Waals surface area (Å²) < 4.78 is 12.6. The van der Waals surface area contributed by atoms with E-state index >= 15 is 0 Å². The van der Waals surface area contributed by atoms with Crippen LogP contribution in [0.1, 0.15) is 43.7 Å². The summed E-state index contributed by atoms with van der Waals surface area (Å²) >= 11 is 3.49. The van der Waals surface area contributed by atoms with Crippen molar-refractivity contribution in [2.45, 2.75) is 43.9 Å². The molecule has 0 bridgehead atoms. The van der Waals surface area contributed by atoms with E-state index in [2.05, 4.69) is 33.4 Å². The van der Waals surface area contributed by atoms with Crippen LogP contribution >= 0.6 is 15.9 Å². The molecule has 1 aliphatic carbocycles. The molecule has 136 valence electrons. The topological polar surface area (TPSA) is 50.8 Å². The zero-order valence-corrected chi connectivity index (χ0v) is 16.0. The maximum absolute atomic E-state index is 12.8. The van der Waals surface area contributed by atoms with Crippen LogP contribution in [0, 0.1) is 5.92 Å². The highest BCUT2D eigenvalue weighted by molar-refractivity contribution is 9.10. The highest BCUT2D eigenvalue weighted by Crippen LogP contribution is 2.38. The molecule has 2 heterocycles. The van der Waals surface area contributed by atoms with Crippen LogP contribution in [0.4, 0.5) is 4.79 Å². The fourth-order valence-electron chi connectivity index (χ4n) is 3.98. The maximum atomic E-state index is 12.8. The molecule has 5 nitrogen and oxygen atoms in total. The van der Waals surface area contributed by atoms with Crippen LogP contribution in [0.5, 0.6) is 0 Å². The fraction of sp³-hybridized carbons (Fsp3) is 0.632. The summed E-state index contributed by atoms with van der Waals surface area (Å²) in [5.74, 6) is 0.110. The molecule has 25 heavy (non-hydrogen) atoms. The van der Waals surface area contributed by atoms with E-state index in [1.165, 1.54) is 24.8 Å². The lowest BCUT2D eigenvalue weighted by molar-refractivity contribution is -0.181. The largest absolute Gasteiger partial charge is 0.347 e. The first-order chi connectivity index (χ1) is 12.2. The number of likely N-dealkylation sites (tertiary alicyclic amines) is 1. The predicted octanol–water partition coefficient (Wildman–Crippen LogP) is 3.84. The molecule has 6 heteroatoms. The van der Waals surface area contributed by atoms with E-state index in [0.29, 0.717) is 32.2 Å². The van der Waals surface area contributed by atoms with Crippen LogP contribution in [-0.4, -0.2) is 43.0 Å². The second-order valence-corrected chi connectivity index (χ2v) is 8.18. The number of piperidine rings is 1. The molecule has 1 N–H and O–H groups in total. The van der Waals surface area contributed by atoms with Gasteiger partial charge in [-0.3, -0.25) is 0 Å². The third-order valence-corrected chi connectivity index (χ3v) is 6.28. The van der Waals surface area contributed by atoms with Gasteiger partial charge in [0.1, 0.15) is 0 Å². The first-order valence-electron chi connectivity index (χ1n) is 9.24. The molecule has 1 aromatic carbocycles. The van der Waals surface area contributed by atoms with Gasteiger partial charge in [0, 0.05) is 30.4 Å². The van der Waals surface area contributed by atoms with Gasteiger partial charge < -0.3 is 19.7 Å². The number of hydrogen-bond acceptors (Lipinski definition) is 3. The Bertz CT molecular complexity index is 602. The Morgan fingerprint density at radius 1 is 1.16 bits per heavy atom. The van der Waals surface area contributed by atoms with E-state index in [1.807, 2.05) is 17.0 Å². The highest BCUT2D eigenvalue weighted by atomic mass is 79.9. The lowest BCUT2D eigenvalue weighted by Crippen LogP contribution is -2.51.